The molecule has 0 aliphatic carbocycles. The summed E-state index contributed by atoms with van der Waals surface area (Å²) in [6.45, 7) is -0.455. The highest BCUT2D eigenvalue weighted by Crippen LogP contribution is 2.21. The smallest absolute Gasteiger partial charge is 0.211 e. The molecule has 1 aromatic carbocycles. The topological polar surface area (TPSA) is 70.0 Å². The third kappa shape index (κ3) is 4.47. The van der Waals surface area contributed by atoms with E-state index < -0.39 is 51.9 Å². The zero-order valence-electron chi connectivity index (χ0n) is 10.0. The van der Waals surface area contributed by atoms with Crippen molar-refractivity contribution in [3.63, 3.8) is 0 Å². The summed E-state index contributed by atoms with van der Waals surface area (Å²) in [4.78, 5) is -0.591. The van der Waals surface area contributed by atoms with Gasteiger partial charge in [0.05, 0.1) is 0 Å². The second-order valence-electron chi connectivity index (χ2n) is 3.84. The van der Waals surface area contributed by atoms with Crippen LogP contribution in [0.25, 0.3) is 0 Å². The van der Waals surface area contributed by atoms with Gasteiger partial charge in [-0.1, -0.05) is 6.07 Å². The van der Waals surface area contributed by atoms with Crippen LogP contribution in [0.3, 0.4) is 0 Å². The molecule has 0 aliphatic rings. The van der Waals surface area contributed by atoms with Gasteiger partial charge in [0.15, 0.2) is 0 Å². The fraction of sp³-hybridized carbons (Fsp3) is 0.364. The molecule has 110 valence electrons. The molecule has 0 aromatic heterocycles. The molecule has 0 atom stereocenters. The Kier molecular flexibility index (Phi) is 5.08. The Labute approximate surface area is 113 Å². The lowest BCUT2D eigenvalue weighted by Crippen LogP contribution is -2.26. The molecule has 0 aliphatic heterocycles. The lowest BCUT2D eigenvalue weighted by Gasteiger charge is -2.09. The van der Waals surface area contributed by atoms with Gasteiger partial charge in [0.1, 0.15) is 22.3 Å². The number of hydrogen-bond donors (Lipinski definition) is 1. The Morgan fingerprint density at radius 3 is 2.50 bits per heavy atom. The van der Waals surface area contributed by atoms with Crippen LogP contribution in [-0.4, -0.2) is 21.1 Å². The number of sulfonamides is 1. The van der Waals surface area contributed by atoms with Gasteiger partial charge in [-0.25, -0.2) is 17.5 Å². The molecule has 0 radical (unpaired) electrons. The standard InChI is InChI=1S/C11H10F4N2O2S/c12-9-3-1-4-10(8(9)7-16)20(18,19)17-6-2-5-11(13,14)15/h1,3-4,17H,2,5-6H2. The van der Waals surface area contributed by atoms with E-state index in [0.29, 0.717) is 0 Å². The average molecular weight is 310 g/mol. The summed E-state index contributed by atoms with van der Waals surface area (Å²) in [6, 6.07) is 4.43. The molecule has 1 rings (SSSR count). The van der Waals surface area contributed by atoms with Crippen molar-refractivity contribution in [2.75, 3.05) is 6.54 Å². The van der Waals surface area contributed by atoms with Crippen LogP contribution in [0.2, 0.25) is 0 Å². The first-order valence-corrected chi connectivity index (χ1v) is 6.91. The second kappa shape index (κ2) is 6.19. The molecule has 0 unspecified atom stereocenters. The van der Waals surface area contributed by atoms with Crippen molar-refractivity contribution in [1.82, 2.24) is 4.72 Å². The number of rotatable bonds is 5. The summed E-state index contributed by atoms with van der Waals surface area (Å²) < 4.78 is 74.4. The quantitative estimate of drug-likeness (QED) is 0.670. The minimum atomic E-state index is -4.37. The number of alkyl halides is 3. The van der Waals surface area contributed by atoms with E-state index in [1.54, 1.807) is 0 Å². The summed E-state index contributed by atoms with van der Waals surface area (Å²) >= 11 is 0. The SMILES string of the molecule is N#Cc1c(F)cccc1S(=O)(=O)NCCCC(F)(F)F. The minimum Gasteiger partial charge on any atom is -0.211 e. The van der Waals surface area contributed by atoms with Crippen LogP contribution in [-0.2, 0) is 10.0 Å². The monoisotopic (exact) mass is 310 g/mol. The Bertz CT molecular complexity index is 620. The van der Waals surface area contributed by atoms with Gasteiger partial charge >= 0.3 is 6.18 Å². The molecule has 4 nitrogen and oxygen atoms in total. The van der Waals surface area contributed by atoms with E-state index in [1.807, 2.05) is 4.72 Å². The molecule has 1 N–H and O–H groups in total. The van der Waals surface area contributed by atoms with Crippen LogP contribution in [0.4, 0.5) is 17.6 Å². The van der Waals surface area contributed by atoms with E-state index in [9.17, 15) is 26.0 Å². The summed E-state index contributed by atoms with van der Waals surface area (Å²) in [6.07, 6.45) is -5.95. The highest BCUT2D eigenvalue weighted by Gasteiger charge is 2.27. The fourth-order valence-corrected chi connectivity index (χ4v) is 2.65. The zero-order valence-corrected chi connectivity index (χ0v) is 10.9. The van der Waals surface area contributed by atoms with Crippen molar-refractivity contribution < 1.29 is 26.0 Å². The highest BCUT2D eigenvalue weighted by molar-refractivity contribution is 7.89. The molecular weight excluding hydrogens is 300 g/mol. The van der Waals surface area contributed by atoms with E-state index in [2.05, 4.69) is 0 Å². The van der Waals surface area contributed by atoms with Crippen LogP contribution in [0, 0.1) is 17.1 Å². The largest absolute Gasteiger partial charge is 0.389 e. The fourth-order valence-electron chi connectivity index (χ4n) is 1.41. The Balaban J connectivity index is 2.81. The molecule has 0 heterocycles. The van der Waals surface area contributed by atoms with E-state index >= 15 is 0 Å². The van der Waals surface area contributed by atoms with Crippen LogP contribution in [0.15, 0.2) is 23.1 Å². The molecule has 0 fully saturated rings. The average Bonchev–Trinajstić information content (AvgIpc) is 2.33. The number of nitriles is 1. The molecule has 0 saturated carbocycles. The lowest BCUT2D eigenvalue weighted by molar-refractivity contribution is -0.135. The predicted octanol–water partition coefficient (Wildman–Crippen LogP) is 2.32. The van der Waals surface area contributed by atoms with Gasteiger partial charge < -0.3 is 0 Å². The van der Waals surface area contributed by atoms with Crippen LogP contribution >= 0.6 is 0 Å². The van der Waals surface area contributed by atoms with Gasteiger partial charge in [0.25, 0.3) is 0 Å². The van der Waals surface area contributed by atoms with Gasteiger partial charge in [-0.2, -0.15) is 18.4 Å². The maximum absolute atomic E-state index is 13.3. The van der Waals surface area contributed by atoms with Crippen molar-refractivity contribution >= 4 is 10.0 Å². The second-order valence-corrected chi connectivity index (χ2v) is 5.58. The first kappa shape index (κ1) is 16.4. The molecule has 0 amide bonds. The first-order valence-electron chi connectivity index (χ1n) is 5.42. The van der Waals surface area contributed by atoms with E-state index in [-0.39, 0.29) is 0 Å². The molecular formula is C11H10F4N2O2S. The van der Waals surface area contributed by atoms with E-state index in [0.717, 1.165) is 18.2 Å². The molecule has 20 heavy (non-hydrogen) atoms. The molecule has 9 heteroatoms. The third-order valence-corrected chi connectivity index (χ3v) is 3.81. The normalized spacial score (nSPS) is 12.2. The van der Waals surface area contributed by atoms with Crippen LogP contribution in [0.5, 0.6) is 0 Å². The maximum Gasteiger partial charge on any atom is 0.389 e. The van der Waals surface area contributed by atoms with Crippen molar-refractivity contribution in [3.8, 4) is 6.07 Å². The highest BCUT2D eigenvalue weighted by atomic mass is 32.2. The Morgan fingerprint density at radius 1 is 1.30 bits per heavy atom. The number of nitrogens with zero attached hydrogens (tertiary/aromatic N) is 1. The predicted molar refractivity (Wildman–Crippen MR) is 61.6 cm³/mol. The minimum absolute atomic E-state index is 0.445. The summed E-state index contributed by atoms with van der Waals surface area (Å²) in [5.41, 5.74) is -0.671. The maximum atomic E-state index is 13.3. The van der Waals surface area contributed by atoms with Gasteiger partial charge in [-0.15, -0.1) is 0 Å². The first-order chi connectivity index (χ1) is 9.17. The van der Waals surface area contributed by atoms with Crippen LogP contribution in [0.1, 0.15) is 18.4 Å². The van der Waals surface area contributed by atoms with Crippen LogP contribution < -0.4 is 4.72 Å². The van der Waals surface area contributed by atoms with Crippen molar-refractivity contribution in [3.05, 3.63) is 29.6 Å². The third-order valence-electron chi connectivity index (χ3n) is 2.31. The summed E-state index contributed by atoms with van der Waals surface area (Å²) in [5.74, 6) is -1.01. The van der Waals surface area contributed by atoms with Crippen molar-refractivity contribution in [1.29, 1.82) is 5.26 Å². The zero-order chi connectivity index (χ0) is 15.4. The summed E-state index contributed by atoms with van der Waals surface area (Å²) in [7, 11) is -4.22. The van der Waals surface area contributed by atoms with Gasteiger partial charge in [0, 0.05) is 13.0 Å². The van der Waals surface area contributed by atoms with Crippen molar-refractivity contribution in [2.24, 2.45) is 0 Å². The summed E-state index contributed by atoms with van der Waals surface area (Å²) in [5, 5.41) is 8.71. The number of nitrogens with one attached hydrogen (secondary N) is 1. The molecule has 0 saturated heterocycles. The van der Waals surface area contributed by atoms with Crippen molar-refractivity contribution in [2.45, 2.75) is 23.9 Å². The molecule has 0 bridgehead atoms. The molecule has 0 spiro atoms. The number of halogens is 4. The van der Waals surface area contributed by atoms with E-state index in [4.69, 9.17) is 5.26 Å². The van der Waals surface area contributed by atoms with E-state index in [1.165, 1.54) is 6.07 Å². The van der Waals surface area contributed by atoms with Gasteiger partial charge in [-0.05, 0) is 18.6 Å². The van der Waals surface area contributed by atoms with Gasteiger partial charge in [-0.3, -0.25) is 0 Å². The Morgan fingerprint density at radius 2 is 1.95 bits per heavy atom. The van der Waals surface area contributed by atoms with Gasteiger partial charge in [0.2, 0.25) is 10.0 Å². The number of hydrogen-bond acceptors (Lipinski definition) is 3. The number of benzene rings is 1. The lowest BCUT2D eigenvalue weighted by atomic mass is 10.2. The Hall–Kier alpha value is -1.66. The molecule has 1 aromatic rings.